The van der Waals surface area contributed by atoms with E-state index in [9.17, 15) is 9.90 Å². The van der Waals surface area contributed by atoms with Crippen LogP contribution in [0.3, 0.4) is 0 Å². The van der Waals surface area contributed by atoms with E-state index in [4.69, 9.17) is 0 Å². The van der Waals surface area contributed by atoms with Crippen LogP contribution in [0.15, 0.2) is 84.9 Å². The van der Waals surface area contributed by atoms with Crippen LogP contribution in [0.1, 0.15) is 33.5 Å². The molecule has 0 saturated carbocycles. The fourth-order valence-electron chi connectivity index (χ4n) is 3.89. The quantitative estimate of drug-likeness (QED) is 0.766. The Kier molecular flexibility index (Phi) is 4.78. The van der Waals surface area contributed by atoms with E-state index in [0.717, 1.165) is 17.5 Å². The minimum atomic E-state index is -1.00. The highest BCUT2D eigenvalue weighted by molar-refractivity contribution is 5.94. The lowest BCUT2D eigenvalue weighted by Gasteiger charge is -2.26. The topological polar surface area (TPSA) is 40.5 Å². The molecule has 3 nitrogen and oxygen atoms in total. The third-order valence-electron chi connectivity index (χ3n) is 5.31. The number of β-amino-alcohol motifs (C(OH)–C–C–N with tert-alkyl or cyclic N) is 1. The number of likely N-dealkylation sites (tertiary alicyclic amines) is 1. The summed E-state index contributed by atoms with van der Waals surface area (Å²) < 4.78 is 0. The van der Waals surface area contributed by atoms with Gasteiger partial charge in [0.05, 0.1) is 6.54 Å². The van der Waals surface area contributed by atoms with Gasteiger partial charge < -0.3 is 10.0 Å². The van der Waals surface area contributed by atoms with Crippen LogP contribution in [-0.4, -0.2) is 29.0 Å². The molecule has 1 unspecified atom stereocenters. The zero-order valence-corrected chi connectivity index (χ0v) is 15.2. The molecule has 4 rings (SSSR count). The molecule has 1 amide bonds. The second-order valence-electron chi connectivity index (χ2n) is 7.19. The number of amides is 1. The van der Waals surface area contributed by atoms with Crippen molar-refractivity contribution >= 4 is 5.91 Å². The van der Waals surface area contributed by atoms with Gasteiger partial charge in [0.25, 0.3) is 5.91 Å². The van der Waals surface area contributed by atoms with Crippen molar-refractivity contribution < 1.29 is 9.90 Å². The van der Waals surface area contributed by atoms with Crippen molar-refractivity contribution in [2.45, 2.75) is 18.4 Å². The Bertz CT molecular complexity index is 923. The molecule has 27 heavy (non-hydrogen) atoms. The first-order valence-corrected chi connectivity index (χ1v) is 9.35. The first-order valence-electron chi connectivity index (χ1n) is 9.35. The molecule has 0 bridgehead atoms. The monoisotopic (exact) mass is 357 g/mol. The molecule has 0 aliphatic carbocycles. The van der Waals surface area contributed by atoms with Gasteiger partial charge in [0.2, 0.25) is 0 Å². The first kappa shape index (κ1) is 17.5. The number of carbonyl (C=O) groups excluding carboxylic acids is 1. The maximum Gasteiger partial charge on any atom is 0.253 e. The standard InChI is InChI=1S/C24H23NO2/c26-23(20-11-5-2-6-12-20)25-16-15-24(27,18-25)22-14-8-7-13-21(22)17-19-9-3-1-4-10-19/h1-14,27H,15-18H2. The van der Waals surface area contributed by atoms with Gasteiger partial charge in [-0.1, -0.05) is 72.8 Å². The number of aliphatic hydroxyl groups is 1. The molecule has 1 atom stereocenters. The van der Waals surface area contributed by atoms with Gasteiger partial charge in [-0.3, -0.25) is 4.79 Å². The van der Waals surface area contributed by atoms with Gasteiger partial charge in [-0.25, -0.2) is 0 Å². The summed E-state index contributed by atoms with van der Waals surface area (Å²) in [6.07, 6.45) is 1.32. The molecule has 0 aromatic heterocycles. The third-order valence-corrected chi connectivity index (χ3v) is 5.31. The van der Waals surface area contributed by atoms with Crippen LogP contribution >= 0.6 is 0 Å². The highest BCUT2D eigenvalue weighted by Gasteiger charge is 2.40. The fraction of sp³-hybridized carbons (Fsp3) is 0.208. The highest BCUT2D eigenvalue weighted by Crippen LogP contribution is 2.35. The maximum absolute atomic E-state index is 12.8. The Morgan fingerprint density at radius 3 is 2.26 bits per heavy atom. The third kappa shape index (κ3) is 3.64. The lowest BCUT2D eigenvalue weighted by atomic mass is 9.87. The number of nitrogens with zero attached hydrogens (tertiary/aromatic N) is 1. The fourth-order valence-corrected chi connectivity index (χ4v) is 3.89. The van der Waals surface area contributed by atoms with E-state index in [1.54, 1.807) is 4.90 Å². The number of hydrogen-bond donors (Lipinski definition) is 1. The normalized spacial score (nSPS) is 19.2. The van der Waals surface area contributed by atoms with Gasteiger partial charge in [0, 0.05) is 12.1 Å². The van der Waals surface area contributed by atoms with E-state index in [1.165, 1.54) is 5.56 Å². The summed E-state index contributed by atoms with van der Waals surface area (Å²) in [5.74, 6) is -0.0212. The molecule has 1 heterocycles. The van der Waals surface area contributed by atoms with E-state index in [-0.39, 0.29) is 5.91 Å². The zero-order valence-electron chi connectivity index (χ0n) is 15.2. The minimum Gasteiger partial charge on any atom is -0.383 e. The zero-order chi connectivity index (χ0) is 18.7. The van der Waals surface area contributed by atoms with Gasteiger partial charge in [0.15, 0.2) is 0 Å². The lowest BCUT2D eigenvalue weighted by molar-refractivity contribution is 0.0411. The molecule has 1 fully saturated rings. The van der Waals surface area contributed by atoms with E-state index in [2.05, 4.69) is 18.2 Å². The van der Waals surface area contributed by atoms with Gasteiger partial charge in [-0.05, 0) is 41.7 Å². The van der Waals surface area contributed by atoms with Crippen molar-refractivity contribution in [3.63, 3.8) is 0 Å². The summed E-state index contributed by atoms with van der Waals surface area (Å²) in [7, 11) is 0. The maximum atomic E-state index is 12.8. The molecule has 3 heteroatoms. The molecule has 0 radical (unpaired) electrons. The van der Waals surface area contributed by atoms with E-state index in [0.29, 0.717) is 25.1 Å². The molecule has 3 aromatic carbocycles. The Labute approximate surface area is 159 Å². The Morgan fingerprint density at radius 1 is 0.889 bits per heavy atom. The van der Waals surface area contributed by atoms with Crippen LogP contribution in [-0.2, 0) is 12.0 Å². The molecule has 1 N–H and O–H groups in total. The van der Waals surface area contributed by atoms with Crippen LogP contribution in [0, 0.1) is 0 Å². The number of benzene rings is 3. The highest BCUT2D eigenvalue weighted by atomic mass is 16.3. The Hall–Kier alpha value is -2.91. The predicted molar refractivity (Wildman–Crippen MR) is 107 cm³/mol. The van der Waals surface area contributed by atoms with Crippen LogP contribution < -0.4 is 0 Å². The molecular weight excluding hydrogens is 334 g/mol. The van der Waals surface area contributed by atoms with E-state index < -0.39 is 5.60 Å². The average Bonchev–Trinajstić information content (AvgIpc) is 3.12. The molecule has 1 aliphatic heterocycles. The van der Waals surface area contributed by atoms with Crippen LogP contribution in [0.25, 0.3) is 0 Å². The lowest BCUT2D eigenvalue weighted by Crippen LogP contribution is -2.35. The SMILES string of the molecule is O=C(c1ccccc1)N1CCC(O)(c2ccccc2Cc2ccccc2)C1. The molecule has 0 spiro atoms. The van der Waals surface area contributed by atoms with Crippen LogP contribution in [0.4, 0.5) is 0 Å². The number of rotatable bonds is 4. The van der Waals surface area contributed by atoms with E-state index in [1.807, 2.05) is 66.7 Å². The van der Waals surface area contributed by atoms with Gasteiger partial charge >= 0.3 is 0 Å². The summed E-state index contributed by atoms with van der Waals surface area (Å²) in [5.41, 5.74) is 2.91. The van der Waals surface area contributed by atoms with Crippen molar-refractivity contribution in [3.8, 4) is 0 Å². The van der Waals surface area contributed by atoms with Gasteiger partial charge in [-0.2, -0.15) is 0 Å². The van der Waals surface area contributed by atoms with Crippen molar-refractivity contribution in [3.05, 3.63) is 107 Å². The minimum absolute atomic E-state index is 0.0212. The summed E-state index contributed by atoms with van der Waals surface area (Å²) in [6, 6.07) is 27.6. The summed E-state index contributed by atoms with van der Waals surface area (Å²) in [4.78, 5) is 14.5. The average molecular weight is 357 g/mol. The Morgan fingerprint density at radius 2 is 1.52 bits per heavy atom. The van der Waals surface area contributed by atoms with Gasteiger partial charge in [-0.15, -0.1) is 0 Å². The Balaban J connectivity index is 1.58. The number of hydrogen-bond acceptors (Lipinski definition) is 2. The largest absolute Gasteiger partial charge is 0.383 e. The molecule has 136 valence electrons. The van der Waals surface area contributed by atoms with Gasteiger partial charge in [0.1, 0.15) is 5.60 Å². The van der Waals surface area contributed by atoms with E-state index >= 15 is 0 Å². The second-order valence-corrected chi connectivity index (χ2v) is 7.19. The molecule has 3 aromatic rings. The molecular formula is C24H23NO2. The van der Waals surface area contributed by atoms with Crippen molar-refractivity contribution in [2.24, 2.45) is 0 Å². The smallest absolute Gasteiger partial charge is 0.253 e. The summed E-state index contributed by atoms with van der Waals surface area (Å²) in [5, 5.41) is 11.4. The first-order chi connectivity index (χ1) is 13.2. The second kappa shape index (κ2) is 7.37. The van der Waals surface area contributed by atoms with Crippen molar-refractivity contribution in [1.82, 2.24) is 4.90 Å². The van der Waals surface area contributed by atoms with Crippen LogP contribution in [0.2, 0.25) is 0 Å². The van der Waals surface area contributed by atoms with Crippen molar-refractivity contribution in [2.75, 3.05) is 13.1 Å². The predicted octanol–water partition coefficient (Wildman–Crippen LogP) is 4.01. The summed E-state index contributed by atoms with van der Waals surface area (Å²) in [6.45, 7) is 0.885. The van der Waals surface area contributed by atoms with Crippen LogP contribution in [0.5, 0.6) is 0 Å². The number of carbonyl (C=O) groups is 1. The molecule has 1 aliphatic rings. The molecule has 1 saturated heterocycles. The van der Waals surface area contributed by atoms with Crippen molar-refractivity contribution in [1.29, 1.82) is 0 Å². The summed E-state index contributed by atoms with van der Waals surface area (Å²) >= 11 is 0.